The lowest BCUT2D eigenvalue weighted by atomic mass is 10.1. The monoisotopic (exact) mass is 246 g/mol. The van der Waals surface area contributed by atoms with E-state index in [9.17, 15) is 22.4 Å². The number of carbonyl (C=O) groups excluding carboxylic acids is 1. The molecule has 6 heteroatoms. The van der Waals surface area contributed by atoms with E-state index in [2.05, 4.69) is 0 Å². The summed E-state index contributed by atoms with van der Waals surface area (Å²) in [5.74, 6) is -7.81. The van der Waals surface area contributed by atoms with Crippen molar-refractivity contribution in [1.82, 2.24) is 0 Å². The molecule has 0 aliphatic carbocycles. The van der Waals surface area contributed by atoms with E-state index in [1.54, 1.807) is 6.92 Å². The maximum atomic E-state index is 12.7. The second-order valence-electron chi connectivity index (χ2n) is 3.27. The molecule has 0 aliphatic heterocycles. The molecule has 0 fully saturated rings. The van der Waals surface area contributed by atoms with E-state index in [4.69, 9.17) is 0 Å². The Morgan fingerprint density at radius 1 is 1.27 bits per heavy atom. The fraction of sp³-hybridized carbons (Fsp3) is 0.889. The molecule has 0 bridgehead atoms. The Hall–Kier alpha value is -0.260. The molecule has 0 spiro atoms. The lowest BCUT2D eigenvalue weighted by molar-refractivity contribution is -0.200. The first-order chi connectivity index (χ1) is 6.70. The second-order valence-corrected chi connectivity index (χ2v) is 4.42. The van der Waals surface area contributed by atoms with Gasteiger partial charge in [0.05, 0.1) is 0 Å². The Labute approximate surface area is 90.6 Å². The van der Waals surface area contributed by atoms with E-state index in [0.717, 1.165) is 11.8 Å². The summed E-state index contributed by atoms with van der Waals surface area (Å²) in [5, 5.41) is -0.110. The first kappa shape index (κ1) is 14.7. The van der Waals surface area contributed by atoms with Gasteiger partial charge in [0.25, 0.3) is 0 Å². The van der Waals surface area contributed by atoms with Gasteiger partial charge in [-0.2, -0.15) is 8.78 Å². The van der Waals surface area contributed by atoms with E-state index < -0.39 is 18.3 Å². The molecule has 0 saturated carbocycles. The van der Waals surface area contributed by atoms with Crippen LogP contribution in [0.4, 0.5) is 17.6 Å². The molecule has 0 saturated heterocycles. The normalized spacial score (nSPS) is 12.9. The third kappa shape index (κ3) is 5.39. The van der Waals surface area contributed by atoms with Gasteiger partial charge in [-0.15, -0.1) is 0 Å². The SMILES string of the molecule is CCC(=O)SCCCC(F)(F)C(C)(F)F. The summed E-state index contributed by atoms with van der Waals surface area (Å²) in [6.45, 7) is 1.86. The molecule has 0 amide bonds. The van der Waals surface area contributed by atoms with Crippen LogP contribution in [-0.4, -0.2) is 22.7 Å². The molecule has 0 unspecified atom stereocenters. The van der Waals surface area contributed by atoms with Gasteiger partial charge in [-0.3, -0.25) is 4.79 Å². The van der Waals surface area contributed by atoms with Crippen molar-refractivity contribution in [2.75, 3.05) is 5.75 Å². The number of hydrogen-bond donors (Lipinski definition) is 0. The van der Waals surface area contributed by atoms with Gasteiger partial charge in [0, 0.05) is 25.5 Å². The summed E-state index contributed by atoms with van der Waals surface area (Å²) >= 11 is 0.911. The van der Waals surface area contributed by atoms with E-state index in [1.165, 1.54) is 0 Å². The number of hydrogen-bond acceptors (Lipinski definition) is 2. The number of halogens is 4. The van der Waals surface area contributed by atoms with Crippen molar-refractivity contribution in [2.24, 2.45) is 0 Å². The summed E-state index contributed by atoms with van der Waals surface area (Å²) < 4.78 is 50.0. The first-order valence-corrected chi connectivity index (χ1v) is 5.60. The molecule has 0 rings (SSSR count). The minimum absolute atomic E-state index is 0.0904. The van der Waals surface area contributed by atoms with Crippen LogP contribution in [0.3, 0.4) is 0 Å². The van der Waals surface area contributed by atoms with E-state index in [0.29, 0.717) is 6.42 Å². The summed E-state index contributed by atoms with van der Waals surface area (Å²) in [7, 11) is 0. The molecule has 0 N–H and O–H groups in total. The summed E-state index contributed by atoms with van der Waals surface area (Å²) in [6, 6.07) is 0. The van der Waals surface area contributed by atoms with Crippen LogP contribution in [0.15, 0.2) is 0 Å². The van der Waals surface area contributed by atoms with Crippen LogP contribution >= 0.6 is 11.8 Å². The zero-order valence-corrected chi connectivity index (χ0v) is 9.47. The Morgan fingerprint density at radius 3 is 2.20 bits per heavy atom. The second kappa shape index (κ2) is 5.72. The van der Waals surface area contributed by atoms with Crippen molar-refractivity contribution in [2.45, 2.75) is 45.0 Å². The average molecular weight is 246 g/mol. The Bertz CT molecular complexity index is 213. The summed E-state index contributed by atoms with van der Waals surface area (Å²) in [4.78, 5) is 10.8. The third-order valence-corrected chi connectivity index (χ3v) is 2.93. The molecule has 0 aromatic carbocycles. The van der Waals surface area contributed by atoms with Gasteiger partial charge >= 0.3 is 11.8 Å². The minimum Gasteiger partial charge on any atom is -0.287 e. The molecule has 1 nitrogen and oxygen atoms in total. The maximum Gasteiger partial charge on any atom is 0.309 e. The van der Waals surface area contributed by atoms with Crippen LogP contribution in [0.1, 0.15) is 33.1 Å². The van der Waals surface area contributed by atoms with Crippen LogP contribution in [-0.2, 0) is 4.79 Å². The highest BCUT2D eigenvalue weighted by atomic mass is 32.2. The fourth-order valence-electron chi connectivity index (χ4n) is 0.802. The van der Waals surface area contributed by atoms with Crippen LogP contribution in [0.5, 0.6) is 0 Å². The van der Waals surface area contributed by atoms with E-state index in [1.807, 2.05) is 0 Å². The largest absolute Gasteiger partial charge is 0.309 e. The maximum absolute atomic E-state index is 12.7. The van der Waals surface area contributed by atoms with Gasteiger partial charge in [-0.05, 0) is 6.42 Å². The summed E-state index contributed by atoms with van der Waals surface area (Å²) in [5.41, 5.74) is 0. The predicted molar refractivity (Wildman–Crippen MR) is 52.6 cm³/mol. The first-order valence-electron chi connectivity index (χ1n) is 4.62. The van der Waals surface area contributed by atoms with Crippen LogP contribution in [0.2, 0.25) is 0 Å². The molecular formula is C9H14F4OS. The standard InChI is InChI=1S/C9H14F4OS/c1-3-7(14)15-6-4-5-9(12,13)8(2,10)11/h3-6H2,1-2H3. The van der Waals surface area contributed by atoms with Crippen LogP contribution in [0, 0.1) is 0 Å². The highest BCUT2D eigenvalue weighted by molar-refractivity contribution is 8.13. The van der Waals surface area contributed by atoms with Crippen molar-refractivity contribution >= 4 is 16.9 Å². The van der Waals surface area contributed by atoms with Crippen LogP contribution < -0.4 is 0 Å². The van der Waals surface area contributed by atoms with E-state index in [-0.39, 0.29) is 24.2 Å². The van der Waals surface area contributed by atoms with Gasteiger partial charge in [-0.25, -0.2) is 8.78 Å². The molecule has 0 aromatic heterocycles. The highest BCUT2D eigenvalue weighted by Gasteiger charge is 2.51. The predicted octanol–water partition coefficient (Wildman–Crippen LogP) is 3.73. The minimum atomic E-state index is -3.99. The van der Waals surface area contributed by atoms with Gasteiger partial charge in [-0.1, -0.05) is 18.7 Å². The zero-order valence-electron chi connectivity index (χ0n) is 8.66. The number of carbonyl (C=O) groups is 1. The van der Waals surface area contributed by atoms with Gasteiger partial charge in [0.15, 0.2) is 5.12 Å². The number of rotatable bonds is 6. The lowest BCUT2D eigenvalue weighted by Gasteiger charge is -2.22. The fourth-order valence-corrected chi connectivity index (χ4v) is 1.52. The van der Waals surface area contributed by atoms with E-state index >= 15 is 0 Å². The molecule has 15 heavy (non-hydrogen) atoms. The Balaban J connectivity index is 3.82. The smallest absolute Gasteiger partial charge is 0.287 e. The Kier molecular flexibility index (Phi) is 5.62. The molecular weight excluding hydrogens is 232 g/mol. The molecule has 0 heterocycles. The lowest BCUT2D eigenvalue weighted by Crippen LogP contribution is -2.37. The molecule has 0 aliphatic rings. The average Bonchev–Trinajstić information content (AvgIpc) is 2.10. The third-order valence-electron chi connectivity index (χ3n) is 1.83. The molecule has 0 aromatic rings. The zero-order chi connectivity index (χ0) is 12.1. The van der Waals surface area contributed by atoms with Crippen molar-refractivity contribution in [1.29, 1.82) is 0 Å². The number of alkyl halides is 4. The van der Waals surface area contributed by atoms with Crippen LogP contribution in [0.25, 0.3) is 0 Å². The Morgan fingerprint density at radius 2 is 1.80 bits per heavy atom. The molecule has 0 atom stereocenters. The van der Waals surface area contributed by atoms with Crippen molar-refractivity contribution in [3.8, 4) is 0 Å². The summed E-state index contributed by atoms with van der Waals surface area (Å²) in [6.07, 6.45) is -0.654. The quantitative estimate of drug-likeness (QED) is 0.524. The highest BCUT2D eigenvalue weighted by Crippen LogP contribution is 2.37. The van der Waals surface area contributed by atoms with Gasteiger partial charge in [0.2, 0.25) is 0 Å². The van der Waals surface area contributed by atoms with Crippen molar-refractivity contribution in [3.63, 3.8) is 0 Å². The topological polar surface area (TPSA) is 17.1 Å². The van der Waals surface area contributed by atoms with Gasteiger partial charge in [0.1, 0.15) is 0 Å². The molecule has 90 valence electrons. The van der Waals surface area contributed by atoms with Crippen molar-refractivity contribution in [3.05, 3.63) is 0 Å². The van der Waals surface area contributed by atoms with Crippen molar-refractivity contribution < 1.29 is 22.4 Å². The van der Waals surface area contributed by atoms with Gasteiger partial charge < -0.3 is 0 Å². The number of thioether (sulfide) groups is 1. The molecule has 0 radical (unpaired) electrons.